The maximum absolute atomic E-state index is 13.3. The Balaban J connectivity index is 2.20. The molecule has 0 aromatic heterocycles. The molecule has 0 aliphatic carbocycles. The summed E-state index contributed by atoms with van der Waals surface area (Å²) in [5, 5.41) is 2.94. The van der Waals surface area contributed by atoms with E-state index in [1.807, 2.05) is 37.3 Å². The van der Waals surface area contributed by atoms with Gasteiger partial charge in [0.05, 0.1) is 0 Å². The molecule has 0 unspecified atom stereocenters. The van der Waals surface area contributed by atoms with Crippen LogP contribution in [0.1, 0.15) is 37.8 Å². The van der Waals surface area contributed by atoms with Crippen molar-refractivity contribution in [2.75, 3.05) is 19.8 Å². The molecule has 2 rings (SSSR count). The third-order valence-corrected chi connectivity index (χ3v) is 4.81. The predicted molar refractivity (Wildman–Crippen MR) is 115 cm³/mol. The Morgan fingerprint density at radius 1 is 1.03 bits per heavy atom. The first-order chi connectivity index (χ1) is 14.5. The van der Waals surface area contributed by atoms with E-state index in [1.54, 1.807) is 24.0 Å². The summed E-state index contributed by atoms with van der Waals surface area (Å²) in [5.74, 6) is -0.649. The van der Waals surface area contributed by atoms with Crippen molar-refractivity contribution < 1.29 is 18.7 Å². The van der Waals surface area contributed by atoms with Gasteiger partial charge < -0.3 is 15.0 Å². The van der Waals surface area contributed by atoms with Gasteiger partial charge in [-0.1, -0.05) is 49.4 Å². The molecular formula is C24H31FN2O3. The lowest BCUT2D eigenvalue weighted by molar-refractivity contribution is -0.141. The number of carbonyl (C=O) groups is 2. The van der Waals surface area contributed by atoms with Crippen molar-refractivity contribution in [2.24, 2.45) is 0 Å². The minimum atomic E-state index is -0.656. The Labute approximate surface area is 178 Å². The lowest BCUT2D eigenvalue weighted by atomic mass is 10.0. The summed E-state index contributed by atoms with van der Waals surface area (Å²) in [4.78, 5) is 27.5. The smallest absolute Gasteiger partial charge is 0.243 e. The molecule has 6 heteroatoms. The lowest BCUT2D eigenvalue weighted by Crippen LogP contribution is -2.50. The fraction of sp³-hybridized carbons (Fsp3) is 0.417. The van der Waals surface area contributed by atoms with Crippen molar-refractivity contribution in [3.8, 4) is 0 Å². The summed E-state index contributed by atoms with van der Waals surface area (Å²) >= 11 is 0. The van der Waals surface area contributed by atoms with Gasteiger partial charge in [-0.3, -0.25) is 9.59 Å². The third-order valence-electron chi connectivity index (χ3n) is 4.81. The Morgan fingerprint density at radius 3 is 2.37 bits per heavy atom. The zero-order valence-corrected chi connectivity index (χ0v) is 17.8. The van der Waals surface area contributed by atoms with E-state index in [0.29, 0.717) is 32.6 Å². The molecule has 1 N–H and O–H groups in total. The average Bonchev–Trinajstić information content (AvgIpc) is 2.77. The van der Waals surface area contributed by atoms with Gasteiger partial charge in [0, 0.05) is 39.1 Å². The van der Waals surface area contributed by atoms with Crippen molar-refractivity contribution in [1.82, 2.24) is 10.2 Å². The number of ether oxygens (including phenoxy) is 1. The van der Waals surface area contributed by atoms with Crippen LogP contribution in [0.2, 0.25) is 0 Å². The van der Waals surface area contributed by atoms with E-state index >= 15 is 0 Å². The first-order valence-corrected chi connectivity index (χ1v) is 10.5. The zero-order valence-electron chi connectivity index (χ0n) is 17.8. The molecule has 0 saturated heterocycles. The lowest BCUT2D eigenvalue weighted by Gasteiger charge is -2.31. The molecule has 2 aromatic rings. The van der Waals surface area contributed by atoms with E-state index in [1.165, 1.54) is 12.1 Å². The van der Waals surface area contributed by atoms with Crippen LogP contribution in [0.15, 0.2) is 54.6 Å². The molecule has 5 nitrogen and oxygen atoms in total. The van der Waals surface area contributed by atoms with E-state index in [-0.39, 0.29) is 30.6 Å². The van der Waals surface area contributed by atoms with Crippen molar-refractivity contribution in [3.63, 3.8) is 0 Å². The SMILES string of the molecule is CCOCCCNC(=O)[C@H](Cc1ccccc1)N(Cc1ccc(F)cc1)C(=O)CC. The highest BCUT2D eigenvalue weighted by atomic mass is 19.1. The molecule has 0 aliphatic rings. The second-order valence-corrected chi connectivity index (χ2v) is 7.05. The van der Waals surface area contributed by atoms with Crippen LogP contribution in [0, 0.1) is 5.82 Å². The maximum atomic E-state index is 13.3. The summed E-state index contributed by atoms with van der Waals surface area (Å²) in [6, 6.07) is 15.0. The second kappa shape index (κ2) is 12.8. The summed E-state index contributed by atoms with van der Waals surface area (Å²) in [5.41, 5.74) is 1.75. The zero-order chi connectivity index (χ0) is 21.8. The van der Waals surface area contributed by atoms with Crippen LogP contribution >= 0.6 is 0 Å². The van der Waals surface area contributed by atoms with Gasteiger partial charge >= 0.3 is 0 Å². The van der Waals surface area contributed by atoms with Crippen LogP contribution < -0.4 is 5.32 Å². The second-order valence-electron chi connectivity index (χ2n) is 7.05. The van der Waals surface area contributed by atoms with Crippen LogP contribution in [0.4, 0.5) is 4.39 Å². The minimum Gasteiger partial charge on any atom is -0.382 e. The van der Waals surface area contributed by atoms with E-state index in [4.69, 9.17) is 4.74 Å². The number of hydrogen-bond donors (Lipinski definition) is 1. The first-order valence-electron chi connectivity index (χ1n) is 10.5. The highest BCUT2D eigenvalue weighted by molar-refractivity contribution is 5.87. The normalized spacial score (nSPS) is 11.7. The monoisotopic (exact) mass is 414 g/mol. The third kappa shape index (κ3) is 7.59. The average molecular weight is 415 g/mol. The van der Waals surface area contributed by atoms with Gasteiger partial charge in [0.1, 0.15) is 11.9 Å². The number of carbonyl (C=O) groups excluding carboxylic acids is 2. The van der Waals surface area contributed by atoms with Crippen molar-refractivity contribution >= 4 is 11.8 Å². The van der Waals surface area contributed by atoms with Crippen LogP contribution in [0.3, 0.4) is 0 Å². The fourth-order valence-corrected chi connectivity index (χ4v) is 3.19. The molecule has 1 atom stereocenters. The van der Waals surface area contributed by atoms with Gasteiger partial charge in [-0.15, -0.1) is 0 Å². The number of nitrogens with zero attached hydrogens (tertiary/aromatic N) is 1. The van der Waals surface area contributed by atoms with Crippen molar-refractivity contribution in [1.29, 1.82) is 0 Å². The van der Waals surface area contributed by atoms with E-state index in [2.05, 4.69) is 5.32 Å². The number of amides is 2. The highest BCUT2D eigenvalue weighted by Crippen LogP contribution is 2.16. The van der Waals surface area contributed by atoms with Crippen molar-refractivity contribution in [2.45, 2.75) is 45.7 Å². The molecule has 30 heavy (non-hydrogen) atoms. The van der Waals surface area contributed by atoms with Gasteiger partial charge in [0.25, 0.3) is 0 Å². The summed E-state index contributed by atoms with van der Waals surface area (Å²) in [7, 11) is 0. The van der Waals surface area contributed by atoms with Crippen LogP contribution in [0.25, 0.3) is 0 Å². The molecule has 2 amide bonds. The number of hydrogen-bond acceptors (Lipinski definition) is 3. The summed E-state index contributed by atoms with van der Waals surface area (Å²) in [6.45, 7) is 5.65. The largest absolute Gasteiger partial charge is 0.382 e. The first kappa shape index (κ1) is 23.5. The minimum absolute atomic E-state index is 0.121. The van der Waals surface area contributed by atoms with Crippen LogP contribution in [-0.4, -0.2) is 42.5 Å². The Hall–Kier alpha value is -2.73. The Kier molecular flexibility index (Phi) is 10.0. The molecule has 0 heterocycles. The van der Waals surface area contributed by atoms with Gasteiger partial charge in [0.2, 0.25) is 11.8 Å². The molecule has 0 spiro atoms. The van der Waals surface area contributed by atoms with E-state index in [9.17, 15) is 14.0 Å². The molecular weight excluding hydrogens is 383 g/mol. The van der Waals surface area contributed by atoms with E-state index < -0.39 is 6.04 Å². The molecule has 0 aliphatic heterocycles. The van der Waals surface area contributed by atoms with E-state index in [0.717, 1.165) is 11.1 Å². The predicted octanol–water partition coefficient (Wildman–Crippen LogP) is 3.72. The number of benzene rings is 2. The molecule has 0 fully saturated rings. The summed E-state index contributed by atoms with van der Waals surface area (Å²) in [6.07, 6.45) is 1.40. The molecule has 162 valence electrons. The Bertz CT molecular complexity index is 781. The molecule has 0 bridgehead atoms. The number of nitrogens with one attached hydrogen (secondary N) is 1. The fourth-order valence-electron chi connectivity index (χ4n) is 3.19. The van der Waals surface area contributed by atoms with Gasteiger partial charge in [0.15, 0.2) is 0 Å². The number of halogens is 1. The van der Waals surface area contributed by atoms with Crippen LogP contribution in [0.5, 0.6) is 0 Å². The Morgan fingerprint density at radius 2 is 1.73 bits per heavy atom. The molecule has 0 saturated carbocycles. The standard InChI is InChI=1S/C24H31FN2O3/c1-3-23(28)27(18-20-11-13-21(25)14-12-20)22(17-19-9-6-5-7-10-19)24(29)26-15-8-16-30-4-2/h5-7,9-14,22H,3-4,8,15-18H2,1-2H3,(H,26,29)/t22-/m0/s1. The van der Waals surface area contributed by atoms with Gasteiger partial charge in [-0.2, -0.15) is 0 Å². The maximum Gasteiger partial charge on any atom is 0.243 e. The van der Waals surface area contributed by atoms with Crippen LogP contribution in [-0.2, 0) is 27.3 Å². The van der Waals surface area contributed by atoms with Gasteiger partial charge in [-0.25, -0.2) is 4.39 Å². The van der Waals surface area contributed by atoms with Gasteiger partial charge in [-0.05, 0) is 36.6 Å². The quantitative estimate of drug-likeness (QED) is 0.539. The molecule has 2 aromatic carbocycles. The molecule has 0 radical (unpaired) electrons. The summed E-state index contributed by atoms with van der Waals surface area (Å²) < 4.78 is 18.6. The van der Waals surface area contributed by atoms with Crippen molar-refractivity contribution in [3.05, 3.63) is 71.5 Å². The topological polar surface area (TPSA) is 58.6 Å². The number of rotatable bonds is 12. The highest BCUT2D eigenvalue weighted by Gasteiger charge is 2.29.